The van der Waals surface area contributed by atoms with Gasteiger partial charge in [0.25, 0.3) is 0 Å². The molecule has 0 aliphatic rings. The first-order chi connectivity index (χ1) is 9.49. The molecule has 2 aromatic carbocycles. The van der Waals surface area contributed by atoms with Crippen LogP contribution in [0.1, 0.15) is 42.1 Å². The SMILES string of the molecule is Cc1cccc(C(N)c2cccc(CC(C)C)c2)c1Br. The summed E-state index contributed by atoms with van der Waals surface area (Å²) in [6.07, 6.45) is 1.09. The van der Waals surface area contributed by atoms with E-state index in [4.69, 9.17) is 5.73 Å². The van der Waals surface area contributed by atoms with E-state index in [-0.39, 0.29) is 6.04 Å². The van der Waals surface area contributed by atoms with E-state index in [0.29, 0.717) is 5.92 Å². The van der Waals surface area contributed by atoms with Crippen molar-refractivity contribution < 1.29 is 0 Å². The van der Waals surface area contributed by atoms with Gasteiger partial charge in [-0.05, 0) is 41.5 Å². The predicted octanol–water partition coefficient (Wildman–Crippen LogP) is 5.00. The lowest BCUT2D eigenvalue weighted by molar-refractivity contribution is 0.646. The molecule has 0 amide bonds. The van der Waals surface area contributed by atoms with Gasteiger partial charge in [-0.25, -0.2) is 0 Å². The van der Waals surface area contributed by atoms with Crippen molar-refractivity contribution in [1.29, 1.82) is 0 Å². The largest absolute Gasteiger partial charge is 0.320 e. The lowest BCUT2D eigenvalue weighted by Gasteiger charge is -2.17. The lowest BCUT2D eigenvalue weighted by atomic mass is 9.94. The number of rotatable bonds is 4. The molecule has 0 heterocycles. The normalized spacial score (nSPS) is 12.7. The Bertz CT molecular complexity index is 590. The third-order valence-corrected chi connectivity index (χ3v) is 4.59. The molecule has 0 saturated carbocycles. The van der Waals surface area contributed by atoms with Crippen LogP contribution in [0.15, 0.2) is 46.9 Å². The molecule has 0 bridgehead atoms. The summed E-state index contributed by atoms with van der Waals surface area (Å²) in [6.45, 7) is 6.57. The van der Waals surface area contributed by atoms with Crippen LogP contribution in [-0.4, -0.2) is 0 Å². The van der Waals surface area contributed by atoms with Crippen molar-refractivity contribution in [3.63, 3.8) is 0 Å². The van der Waals surface area contributed by atoms with E-state index in [1.807, 2.05) is 0 Å². The van der Waals surface area contributed by atoms with Crippen molar-refractivity contribution in [1.82, 2.24) is 0 Å². The van der Waals surface area contributed by atoms with Gasteiger partial charge in [-0.15, -0.1) is 0 Å². The minimum atomic E-state index is -0.0867. The topological polar surface area (TPSA) is 26.0 Å². The fourth-order valence-corrected chi connectivity index (χ4v) is 2.99. The van der Waals surface area contributed by atoms with Gasteiger partial charge in [-0.3, -0.25) is 0 Å². The van der Waals surface area contributed by atoms with Gasteiger partial charge in [0.15, 0.2) is 0 Å². The van der Waals surface area contributed by atoms with Crippen LogP contribution in [-0.2, 0) is 6.42 Å². The second-order valence-electron chi connectivity index (χ2n) is 5.80. The minimum absolute atomic E-state index is 0.0867. The van der Waals surface area contributed by atoms with E-state index in [9.17, 15) is 0 Å². The summed E-state index contributed by atoms with van der Waals surface area (Å²) < 4.78 is 1.11. The number of nitrogens with two attached hydrogens (primary N) is 1. The molecular formula is C18H22BrN. The van der Waals surface area contributed by atoms with Crippen LogP contribution in [0, 0.1) is 12.8 Å². The Morgan fingerprint density at radius 3 is 2.50 bits per heavy atom. The van der Waals surface area contributed by atoms with Crippen LogP contribution in [0.3, 0.4) is 0 Å². The summed E-state index contributed by atoms with van der Waals surface area (Å²) in [4.78, 5) is 0. The number of benzene rings is 2. The standard InChI is InChI=1S/C18H22BrN/c1-12(2)10-14-7-5-8-15(11-14)18(20)16-9-4-6-13(3)17(16)19/h4-9,11-12,18H,10,20H2,1-3H3. The van der Waals surface area contributed by atoms with Crippen molar-refractivity contribution in [3.8, 4) is 0 Å². The van der Waals surface area contributed by atoms with Crippen molar-refractivity contribution in [2.75, 3.05) is 0 Å². The zero-order valence-electron chi connectivity index (χ0n) is 12.4. The highest BCUT2D eigenvalue weighted by molar-refractivity contribution is 9.10. The number of aryl methyl sites for hydroxylation is 1. The van der Waals surface area contributed by atoms with E-state index < -0.39 is 0 Å². The zero-order chi connectivity index (χ0) is 14.7. The molecule has 0 aliphatic heterocycles. The van der Waals surface area contributed by atoms with Crippen LogP contribution in [0.4, 0.5) is 0 Å². The zero-order valence-corrected chi connectivity index (χ0v) is 13.9. The summed E-state index contributed by atoms with van der Waals surface area (Å²) in [7, 11) is 0. The Morgan fingerprint density at radius 1 is 1.10 bits per heavy atom. The number of hydrogen-bond acceptors (Lipinski definition) is 1. The maximum absolute atomic E-state index is 6.46. The Morgan fingerprint density at radius 2 is 1.80 bits per heavy atom. The molecule has 0 spiro atoms. The molecule has 1 nitrogen and oxygen atoms in total. The van der Waals surface area contributed by atoms with Crippen molar-refractivity contribution in [2.24, 2.45) is 11.7 Å². The predicted molar refractivity (Wildman–Crippen MR) is 89.9 cm³/mol. The van der Waals surface area contributed by atoms with E-state index >= 15 is 0 Å². The van der Waals surface area contributed by atoms with Crippen LogP contribution in [0.2, 0.25) is 0 Å². The first kappa shape index (κ1) is 15.3. The highest BCUT2D eigenvalue weighted by Crippen LogP contribution is 2.29. The second kappa shape index (κ2) is 6.55. The summed E-state index contributed by atoms with van der Waals surface area (Å²) in [5.74, 6) is 0.659. The van der Waals surface area contributed by atoms with Crippen LogP contribution in [0.25, 0.3) is 0 Å². The third kappa shape index (κ3) is 3.50. The molecule has 106 valence electrons. The van der Waals surface area contributed by atoms with Gasteiger partial charge in [0.05, 0.1) is 6.04 Å². The Kier molecular flexibility index (Phi) is 5.00. The molecule has 1 atom stereocenters. The molecule has 0 saturated heterocycles. The molecule has 0 fully saturated rings. The molecule has 0 radical (unpaired) electrons. The fraction of sp³-hybridized carbons (Fsp3) is 0.333. The monoisotopic (exact) mass is 331 g/mol. The third-order valence-electron chi connectivity index (χ3n) is 3.51. The quantitative estimate of drug-likeness (QED) is 0.837. The van der Waals surface area contributed by atoms with Crippen LogP contribution < -0.4 is 5.73 Å². The van der Waals surface area contributed by atoms with Crippen LogP contribution in [0.5, 0.6) is 0 Å². The lowest BCUT2D eigenvalue weighted by Crippen LogP contribution is -2.13. The highest BCUT2D eigenvalue weighted by atomic mass is 79.9. The summed E-state index contributed by atoms with van der Waals surface area (Å²) in [5.41, 5.74) is 11.4. The van der Waals surface area contributed by atoms with E-state index in [2.05, 4.69) is 79.2 Å². The van der Waals surface area contributed by atoms with Gasteiger partial charge in [0.2, 0.25) is 0 Å². The molecular weight excluding hydrogens is 310 g/mol. The van der Waals surface area contributed by atoms with Crippen LogP contribution >= 0.6 is 15.9 Å². The molecule has 1 unspecified atom stereocenters. The first-order valence-corrected chi connectivity index (χ1v) is 7.87. The fourth-order valence-electron chi connectivity index (χ4n) is 2.47. The van der Waals surface area contributed by atoms with E-state index in [1.54, 1.807) is 0 Å². The summed E-state index contributed by atoms with van der Waals surface area (Å²) >= 11 is 3.66. The maximum atomic E-state index is 6.46. The smallest absolute Gasteiger partial charge is 0.0563 e. The second-order valence-corrected chi connectivity index (χ2v) is 6.59. The Hall–Kier alpha value is -1.12. The minimum Gasteiger partial charge on any atom is -0.320 e. The highest BCUT2D eigenvalue weighted by Gasteiger charge is 2.13. The molecule has 0 aliphatic carbocycles. The van der Waals surface area contributed by atoms with Gasteiger partial charge < -0.3 is 5.73 Å². The van der Waals surface area contributed by atoms with E-state index in [0.717, 1.165) is 16.5 Å². The summed E-state index contributed by atoms with van der Waals surface area (Å²) in [5, 5.41) is 0. The van der Waals surface area contributed by atoms with Gasteiger partial charge in [-0.2, -0.15) is 0 Å². The Balaban J connectivity index is 2.33. The first-order valence-electron chi connectivity index (χ1n) is 7.08. The molecule has 2 N–H and O–H groups in total. The van der Waals surface area contributed by atoms with Crippen molar-refractivity contribution in [3.05, 3.63) is 69.2 Å². The Labute approximate surface area is 130 Å². The molecule has 20 heavy (non-hydrogen) atoms. The van der Waals surface area contributed by atoms with Crippen molar-refractivity contribution >= 4 is 15.9 Å². The number of halogens is 1. The molecule has 2 heteroatoms. The molecule has 0 aromatic heterocycles. The van der Waals surface area contributed by atoms with E-state index in [1.165, 1.54) is 16.7 Å². The average molecular weight is 332 g/mol. The number of hydrogen-bond donors (Lipinski definition) is 1. The van der Waals surface area contributed by atoms with Crippen molar-refractivity contribution in [2.45, 2.75) is 33.2 Å². The maximum Gasteiger partial charge on any atom is 0.0563 e. The van der Waals surface area contributed by atoms with Gasteiger partial charge in [0, 0.05) is 4.47 Å². The van der Waals surface area contributed by atoms with Gasteiger partial charge in [0.1, 0.15) is 0 Å². The average Bonchev–Trinajstić information content (AvgIpc) is 2.41. The van der Waals surface area contributed by atoms with Gasteiger partial charge >= 0.3 is 0 Å². The molecule has 2 aromatic rings. The van der Waals surface area contributed by atoms with Gasteiger partial charge in [-0.1, -0.05) is 72.2 Å². The summed E-state index contributed by atoms with van der Waals surface area (Å²) in [6, 6.07) is 14.8. The molecule has 2 rings (SSSR count).